The van der Waals surface area contributed by atoms with E-state index < -0.39 is 0 Å². The lowest BCUT2D eigenvalue weighted by atomic mass is 10.1. The summed E-state index contributed by atoms with van der Waals surface area (Å²) in [4.78, 5) is 10.7. The molecule has 0 atom stereocenters. The fourth-order valence-corrected chi connectivity index (χ4v) is 1.95. The highest BCUT2D eigenvalue weighted by molar-refractivity contribution is 8.13. The van der Waals surface area contributed by atoms with Crippen LogP contribution in [0, 0.1) is 0 Å². The second kappa shape index (κ2) is 7.29. The van der Waals surface area contributed by atoms with Crippen LogP contribution in [0.4, 0.5) is 0 Å². The van der Waals surface area contributed by atoms with Gasteiger partial charge in [0.05, 0.1) is 0 Å². The second-order valence-corrected chi connectivity index (χ2v) is 4.90. The summed E-state index contributed by atoms with van der Waals surface area (Å²) in [6.07, 6.45) is 6.27. The van der Waals surface area contributed by atoms with Gasteiger partial charge in [0.25, 0.3) is 0 Å². The lowest BCUT2D eigenvalue weighted by Gasteiger charge is -1.98. The smallest absolute Gasteiger partial charge is 0.185 e. The number of rotatable bonds is 5. The fraction of sp³-hybridized carbons (Fsp3) is 0.357. The van der Waals surface area contributed by atoms with Gasteiger partial charge < -0.3 is 0 Å². The molecule has 0 amide bonds. The molecular formula is C14H18OS. The highest BCUT2D eigenvalue weighted by Crippen LogP contribution is 2.09. The summed E-state index contributed by atoms with van der Waals surface area (Å²) < 4.78 is 0. The first-order valence-corrected chi connectivity index (χ1v) is 6.59. The molecular weight excluding hydrogens is 216 g/mol. The standard InChI is InChI=1S/C14H18OS/c1-3-13-8-6-9-14(11-13)7-4-5-10-16-12(2)15/h4,6-9,11H,3,5,10H2,1-2H3. The average Bonchev–Trinajstić information content (AvgIpc) is 2.28. The molecule has 0 aromatic heterocycles. The summed E-state index contributed by atoms with van der Waals surface area (Å²) >= 11 is 1.38. The van der Waals surface area contributed by atoms with Gasteiger partial charge in [0.15, 0.2) is 5.12 Å². The van der Waals surface area contributed by atoms with Crippen LogP contribution in [0.25, 0.3) is 6.08 Å². The van der Waals surface area contributed by atoms with Crippen LogP contribution in [0.15, 0.2) is 30.3 Å². The van der Waals surface area contributed by atoms with Crippen molar-refractivity contribution in [2.75, 3.05) is 5.75 Å². The van der Waals surface area contributed by atoms with Crippen LogP contribution in [0.3, 0.4) is 0 Å². The molecule has 1 aromatic carbocycles. The van der Waals surface area contributed by atoms with Crippen LogP contribution in [-0.2, 0) is 11.2 Å². The van der Waals surface area contributed by atoms with Crippen molar-refractivity contribution < 1.29 is 4.79 Å². The van der Waals surface area contributed by atoms with Crippen molar-refractivity contribution in [1.82, 2.24) is 0 Å². The minimum atomic E-state index is 0.196. The van der Waals surface area contributed by atoms with E-state index in [1.54, 1.807) is 6.92 Å². The van der Waals surface area contributed by atoms with E-state index in [1.165, 1.54) is 22.9 Å². The Labute approximate surface area is 102 Å². The maximum Gasteiger partial charge on any atom is 0.185 e. The van der Waals surface area contributed by atoms with E-state index in [2.05, 4.69) is 43.3 Å². The van der Waals surface area contributed by atoms with Crippen molar-refractivity contribution >= 4 is 23.0 Å². The van der Waals surface area contributed by atoms with Gasteiger partial charge in [0.2, 0.25) is 0 Å². The van der Waals surface area contributed by atoms with Crippen molar-refractivity contribution in [2.24, 2.45) is 0 Å². The van der Waals surface area contributed by atoms with Gasteiger partial charge in [-0.3, -0.25) is 4.79 Å². The summed E-state index contributed by atoms with van der Waals surface area (Å²) in [7, 11) is 0. The van der Waals surface area contributed by atoms with Gasteiger partial charge in [-0.05, 0) is 24.0 Å². The van der Waals surface area contributed by atoms with Crippen LogP contribution in [0.1, 0.15) is 31.4 Å². The monoisotopic (exact) mass is 234 g/mol. The molecule has 16 heavy (non-hydrogen) atoms. The number of allylic oxidation sites excluding steroid dienone is 1. The number of carbonyl (C=O) groups excluding carboxylic acids is 1. The summed E-state index contributed by atoms with van der Waals surface area (Å²) in [5.74, 6) is 0.874. The van der Waals surface area contributed by atoms with E-state index in [0.717, 1.165) is 18.6 Å². The SMILES string of the molecule is CCc1cccc(C=CCCSC(C)=O)c1. The molecule has 0 saturated carbocycles. The predicted molar refractivity (Wildman–Crippen MR) is 72.6 cm³/mol. The Kier molecular flexibility index (Phi) is 5.94. The Morgan fingerprint density at radius 1 is 1.44 bits per heavy atom. The first-order chi connectivity index (χ1) is 7.72. The zero-order valence-electron chi connectivity index (χ0n) is 9.90. The zero-order valence-corrected chi connectivity index (χ0v) is 10.7. The Morgan fingerprint density at radius 2 is 2.25 bits per heavy atom. The molecule has 1 rings (SSSR count). The first kappa shape index (κ1) is 13.0. The van der Waals surface area contributed by atoms with Crippen molar-refractivity contribution in [2.45, 2.75) is 26.7 Å². The van der Waals surface area contributed by atoms with E-state index in [4.69, 9.17) is 0 Å². The molecule has 0 saturated heterocycles. The number of carbonyl (C=O) groups is 1. The molecule has 0 radical (unpaired) electrons. The number of aryl methyl sites for hydroxylation is 1. The predicted octanol–water partition coefficient (Wildman–Crippen LogP) is 3.93. The number of hydrogen-bond donors (Lipinski definition) is 0. The summed E-state index contributed by atoms with van der Waals surface area (Å²) in [6, 6.07) is 8.54. The van der Waals surface area contributed by atoms with Gasteiger partial charge in [0, 0.05) is 12.7 Å². The third kappa shape index (κ3) is 5.17. The molecule has 0 aliphatic carbocycles. The lowest BCUT2D eigenvalue weighted by Crippen LogP contribution is -1.84. The normalized spacial score (nSPS) is 10.9. The molecule has 0 aliphatic heterocycles. The molecule has 0 spiro atoms. The Balaban J connectivity index is 2.40. The molecule has 0 fully saturated rings. The van der Waals surface area contributed by atoms with Gasteiger partial charge >= 0.3 is 0 Å². The van der Waals surface area contributed by atoms with Crippen LogP contribution in [0.5, 0.6) is 0 Å². The molecule has 0 bridgehead atoms. The zero-order chi connectivity index (χ0) is 11.8. The van der Waals surface area contributed by atoms with E-state index in [0.29, 0.717) is 0 Å². The maximum atomic E-state index is 10.7. The molecule has 86 valence electrons. The third-order valence-electron chi connectivity index (χ3n) is 2.26. The van der Waals surface area contributed by atoms with Crippen LogP contribution in [-0.4, -0.2) is 10.9 Å². The topological polar surface area (TPSA) is 17.1 Å². The first-order valence-electron chi connectivity index (χ1n) is 5.61. The van der Waals surface area contributed by atoms with Crippen LogP contribution >= 0.6 is 11.8 Å². The van der Waals surface area contributed by atoms with Crippen molar-refractivity contribution in [3.63, 3.8) is 0 Å². The number of benzene rings is 1. The second-order valence-electron chi connectivity index (χ2n) is 3.63. The quantitative estimate of drug-likeness (QED) is 0.718. The molecule has 1 aromatic rings. The van der Waals surface area contributed by atoms with E-state index in [9.17, 15) is 4.79 Å². The average molecular weight is 234 g/mol. The van der Waals surface area contributed by atoms with Crippen molar-refractivity contribution in [3.05, 3.63) is 41.5 Å². The third-order valence-corrected chi connectivity index (χ3v) is 3.11. The van der Waals surface area contributed by atoms with Crippen molar-refractivity contribution in [3.8, 4) is 0 Å². The number of hydrogen-bond acceptors (Lipinski definition) is 2. The van der Waals surface area contributed by atoms with Gasteiger partial charge in [-0.1, -0.05) is 55.1 Å². The summed E-state index contributed by atoms with van der Waals surface area (Å²) in [6.45, 7) is 3.77. The highest BCUT2D eigenvalue weighted by Gasteiger charge is 1.92. The minimum absolute atomic E-state index is 0.196. The highest BCUT2D eigenvalue weighted by atomic mass is 32.2. The fourth-order valence-electron chi connectivity index (χ4n) is 1.41. The summed E-state index contributed by atoms with van der Waals surface area (Å²) in [5.41, 5.74) is 2.60. The maximum absolute atomic E-state index is 10.7. The van der Waals surface area contributed by atoms with E-state index in [1.807, 2.05) is 0 Å². The Morgan fingerprint density at radius 3 is 2.94 bits per heavy atom. The van der Waals surface area contributed by atoms with Gasteiger partial charge in [-0.25, -0.2) is 0 Å². The van der Waals surface area contributed by atoms with Gasteiger partial charge in [-0.15, -0.1) is 0 Å². The lowest BCUT2D eigenvalue weighted by molar-refractivity contribution is -0.109. The molecule has 0 heterocycles. The van der Waals surface area contributed by atoms with E-state index in [-0.39, 0.29) is 5.12 Å². The molecule has 0 N–H and O–H groups in total. The Bertz CT molecular complexity index is 369. The molecule has 0 aliphatic rings. The Hall–Kier alpha value is -1.02. The molecule has 1 nitrogen and oxygen atoms in total. The van der Waals surface area contributed by atoms with Gasteiger partial charge in [-0.2, -0.15) is 0 Å². The molecule has 0 unspecified atom stereocenters. The molecule has 2 heteroatoms. The minimum Gasteiger partial charge on any atom is -0.288 e. The van der Waals surface area contributed by atoms with E-state index >= 15 is 0 Å². The van der Waals surface area contributed by atoms with Gasteiger partial charge in [0.1, 0.15) is 0 Å². The largest absolute Gasteiger partial charge is 0.288 e. The van der Waals surface area contributed by atoms with Crippen molar-refractivity contribution in [1.29, 1.82) is 0 Å². The van der Waals surface area contributed by atoms with Crippen LogP contribution < -0.4 is 0 Å². The number of thioether (sulfide) groups is 1. The van der Waals surface area contributed by atoms with Crippen LogP contribution in [0.2, 0.25) is 0 Å². The summed E-state index contributed by atoms with van der Waals surface area (Å²) in [5, 5.41) is 0.196.